The summed E-state index contributed by atoms with van der Waals surface area (Å²) in [5, 5.41) is 13.1. The number of amides is 1. The molecule has 0 fully saturated rings. The Morgan fingerprint density at radius 2 is 1.65 bits per heavy atom. The molecule has 0 radical (unpaired) electrons. The Bertz CT molecular complexity index is 1460. The fourth-order valence-electron chi connectivity index (χ4n) is 3.53. The third-order valence-corrected chi connectivity index (χ3v) is 5.78. The molecule has 0 aliphatic rings. The lowest BCUT2D eigenvalue weighted by molar-refractivity contribution is -0.153. The van der Waals surface area contributed by atoms with Crippen LogP contribution in [0.4, 0.5) is 5.88 Å². The van der Waals surface area contributed by atoms with Gasteiger partial charge in [-0.3, -0.25) is 10.1 Å². The molecule has 0 bridgehead atoms. The first-order chi connectivity index (χ1) is 17.9. The van der Waals surface area contributed by atoms with Crippen LogP contribution in [-0.2, 0) is 14.3 Å². The molecule has 1 aromatic heterocycles. The van der Waals surface area contributed by atoms with Gasteiger partial charge >= 0.3 is 5.97 Å². The first-order valence-electron chi connectivity index (χ1n) is 11.1. The lowest BCUT2D eigenvalue weighted by Gasteiger charge is -2.14. The van der Waals surface area contributed by atoms with Gasteiger partial charge in [0, 0.05) is 16.1 Å². The Labute approximate surface area is 223 Å². The van der Waals surface area contributed by atoms with Gasteiger partial charge in [-0.05, 0) is 30.7 Å². The molecule has 0 aliphatic heterocycles. The lowest BCUT2D eigenvalue weighted by Crippen LogP contribution is -2.29. The fourth-order valence-corrected chi connectivity index (χ4v) is 3.98. The second kappa shape index (κ2) is 11.7. The number of ether oxygens (including phenoxy) is 2. The highest BCUT2D eigenvalue weighted by Crippen LogP contribution is 2.41. The van der Waals surface area contributed by atoms with Crippen LogP contribution in [0.3, 0.4) is 0 Å². The average molecular weight is 535 g/mol. The number of nitriles is 1. The van der Waals surface area contributed by atoms with Gasteiger partial charge < -0.3 is 13.9 Å². The molecule has 0 saturated heterocycles. The van der Waals surface area contributed by atoms with E-state index in [-0.39, 0.29) is 22.2 Å². The summed E-state index contributed by atoms with van der Waals surface area (Å²) in [6, 6.07) is 25.2. The number of halogens is 2. The number of nitrogens with one attached hydrogen (secondary N) is 1. The summed E-state index contributed by atoms with van der Waals surface area (Å²) in [7, 11) is 0. The normalized spacial score (nSPS) is 11.3. The smallest absolute Gasteiger partial charge is 0.347 e. The molecule has 1 N–H and O–H groups in total. The van der Waals surface area contributed by atoms with Crippen molar-refractivity contribution in [3.63, 3.8) is 0 Å². The van der Waals surface area contributed by atoms with Crippen molar-refractivity contribution in [3.05, 3.63) is 94.5 Å². The quantitative estimate of drug-likeness (QED) is 0.251. The van der Waals surface area contributed by atoms with E-state index in [1.165, 1.54) is 19.1 Å². The molecule has 0 spiro atoms. The summed E-state index contributed by atoms with van der Waals surface area (Å²) in [6.07, 6.45) is -1.04. The van der Waals surface area contributed by atoms with Crippen LogP contribution in [0.25, 0.3) is 22.5 Å². The van der Waals surface area contributed by atoms with Crippen molar-refractivity contribution in [1.29, 1.82) is 5.26 Å². The number of furan rings is 1. The molecule has 9 heteroatoms. The predicted molar refractivity (Wildman–Crippen MR) is 140 cm³/mol. The SMILES string of the molecule is CC(Oc1ccc(Cl)cc1Cl)C(=O)OCC(=O)Nc1oc(-c2ccccc2)c(-c2ccccc2)c1C#N. The van der Waals surface area contributed by atoms with Crippen molar-refractivity contribution >= 4 is 41.0 Å². The monoisotopic (exact) mass is 534 g/mol. The van der Waals surface area contributed by atoms with E-state index in [9.17, 15) is 14.9 Å². The minimum absolute atomic E-state index is 0.0431. The van der Waals surface area contributed by atoms with Crippen LogP contribution in [0.2, 0.25) is 10.0 Å². The molecule has 1 unspecified atom stereocenters. The zero-order chi connectivity index (χ0) is 26.4. The molecule has 4 aromatic rings. The first-order valence-corrected chi connectivity index (χ1v) is 11.9. The van der Waals surface area contributed by atoms with E-state index in [4.69, 9.17) is 37.1 Å². The van der Waals surface area contributed by atoms with E-state index in [1.54, 1.807) is 6.07 Å². The third kappa shape index (κ3) is 6.12. The third-order valence-electron chi connectivity index (χ3n) is 5.25. The molecule has 1 atom stereocenters. The summed E-state index contributed by atoms with van der Waals surface area (Å²) in [5.74, 6) is -0.835. The van der Waals surface area contributed by atoms with Crippen LogP contribution in [0.5, 0.6) is 5.75 Å². The molecule has 37 heavy (non-hydrogen) atoms. The number of esters is 1. The van der Waals surface area contributed by atoms with Gasteiger partial charge in [-0.25, -0.2) is 4.79 Å². The van der Waals surface area contributed by atoms with Crippen LogP contribution in [0.15, 0.2) is 83.3 Å². The minimum atomic E-state index is -1.04. The van der Waals surface area contributed by atoms with Gasteiger partial charge in [-0.2, -0.15) is 5.26 Å². The number of rotatable bonds is 8. The number of hydrogen-bond acceptors (Lipinski definition) is 6. The number of carbonyl (C=O) groups excluding carboxylic acids is 2. The first kappa shape index (κ1) is 25.8. The van der Waals surface area contributed by atoms with Gasteiger partial charge in [0.1, 0.15) is 23.1 Å². The van der Waals surface area contributed by atoms with E-state index < -0.39 is 24.6 Å². The molecule has 1 heterocycles. The topological polar surface area (TPSA) is 102 Å². The average Bonchev–Trinajstić information content (AvgIpc) is 3.27. The highest BCUT2D eigenvalue weighted by molar-refractivity contribution is 6.35. The largest absolute Gasteiger partial charge is 0.477 e. The standard InChI is InChI=1S/C28H20Cl2N2O5/c1-17(36-23-13-12-20(29)14-22(23)30)28(34)35-16-24(33)32-27-21(15-31)25(18-8-4-2-5-9-18)26(37-27)19-10-6-3-7-11-19/h2-14,17H,16H2,1H3,(H,32,33). The van der Waals surface area contributed by atoms with Crippen LogP contribution < -0.4 is 10.1 Å². The zero-order valence-corrected chi connectivity index (χ0v) is 21.0. The predicted octanol–water partition coefficient (Wildman–Crippen LogP) is 6.74. The van der Waals surface area contributed by atoms with Crippen molar-refractivity contribution < 1.29 is 23.5 Å². The summed E-state index contributed by atoms with van der Waals surface area (Å²) in [5.41, 5.74) is 2.18. The lowest BCUT2D eigenvalue weighted by atomic mass is 9.98. The Morgan fingerprint density at radius 1 is 1.00 bits per heavy atom. The van der Waals surface area contributed by atoms with E-state index in [0.29, 0.717) is 16.3 Å². The van der Waals surface area contributed by atoms with Gasteiger partial charge in [0.2, 0.25) is 5.88 Å². The van der Waals surface area contributed by atoms with Crippen molar-refractivity contribution in [1.82, 2.24) is 0 Å². The maximum atomic E-state index is 12.6. The summed E-state index contributed by atoms with van der Waals surface area (Å²) in [4.78, 5) is 25.0. The summed E-state index contributed by atoms with van der Waals surface area (Å²) < 4.78 is 16.6. The Morgan fingerprint density at radius 3 is 2.27 bits per heavy atom. The van der Waals surface area contributed by atoms with Crippen molar-refractivity contribution in [2.45, 2.75) is 13.0 Å². The molecular weight excluding hydrogens is 515 g/mol. The molecular formula is C28H20Cl2N2O5. The second-order valence-corrected chi connectivity index (χ2v) is 8.69. The molecule has 4 rings (SSSR count). The molecule has 0 saturated carbocycles. The van der Waals surface area contributed by atoms with Crippen LogP contribution in [0.1, 0.15) is 12.5 Å². The molecule has 3 aromatic carbocycles. The van der Waals surface area contributed by atoms with E-state index in [2.05, 4.69) is 11.4 Å². The van der Waals surface area contributed by atoms with Crippen LogP contribution in [-0.4, -0.2) is 24.6 Å². The number of nitrogens with zero attached hydrogens (tertiary/aromatic N) is 1. The van der Waals surface area contributed by atoms with Crippen molar-refractivity contribution in [2.75, 3.05) is 11.9 Å². The van der Waals surface area contributed by atoms with Gasteiger partial charge in [-0.15, -0.1) is 0 Å². The van der Waals surface area contributed by atoms with Crippen molar-refractivity contribution in [2.24, 2.45) is 0 Å². The number of carbonyl (C=O) groups is 2. The van der Waals surface area contributed by atoms with Gasteiger partial charge in [-0.1, -0.05) is 83.9 Å². The zero-order valence-electron chi connectivity index (χ0n) is 19.5. The van der Waals surface area contributed by atoms with Crippen molar-refractivity contribution in [3.8, 4) is 34.3 Å². The number of anilines is 1. The number of benzene rings is 3. The van der Waals surface area contributed by atoms with E-state index in [1.807, 2.05) is 60.7 Å². The van der Waals surface area contributed by atoms with Gasteiger partial charge in [0.15, 0.2) is 12.7 Å². The van der Waals surface area contributed by atoms with Crippen LogP contribution >= 0.6 is 23.2 Å². The Kier molecular flexibility index (Phi) is 8.14. The fraction of sp³-hybridized carbons (Fsp3) is 0.107. The van der Waals surface area contributed by atoms with Gasteiger partial charge in [0.05, 0.1) is 5.02 Å². The highest BCUT2D eigenvalue weighted by atomic mass is 35.5. The summed E-state index contributed by atoms with van der Waals surface area (Å²) >= 11 is 11.9. The Hall–Kier alpha value is -4.25. The highest BCUT2D eigenvalue weighted by Gasteiger charge is 2.25. The molecule has 7 nitrogen and oxygen atoms in total. The second-order valence-electron chi connectivity index (χ2n) is 7.84. The Balaban J connectivity index is 1.49. The molecule has 0 aliphatic carbocycles. The van der Waals surface area contributed by atoms with E-state index >= 15 is 0 Å². The molecule has 186 valence electrons. The number of hydrogen-bond donors (Lipinski definition) is 1. The van der Waals surface area contributed by atoms with Crippen LogP contribution in [0, 0.1) is 11.3 Å². The minimum Gasteiger partial charge on any atom is -0.477 e. The molecule has 1 amide bonds. The maximum absolute atomic E-state index is 12.6. The van der Waals surface area contributed by atoms with Gasteiger partial charge in [0.25, 0.3) is 5.91 Å². The van der Waals surface area contributed by atoms with E-state index in [0.717, 1.165) is 11.1 Å². The summed E-state index contributed by atoms with van der Waals surface area (Å²) in [6.45, 7) is 0.845. The maximum Gasteiger partial charge on any atom is 0.347 e.